The molecule has 64 heavy (non-hydrogen) atoms. The highest BCUT2D eigenvalue weighted by Crippen LogP contribution is 2.29. The Morgan fingerprint density at radius 3 is 2.05 bits per heavy atom. The highest BCUT2D eigenvalue weighted by Gasteiger charge is 2.43. The van der Waals surface area contributed by atoms with Gasteiger partial charge in [-0.15, -0.1) is 0 Å². The van der Waals surface area contributed by atoms with Gasteiger partial charge < -0.3 is 64.1 Å². The number of amides is 9. The van der Waals surface area contributed by atoms with E-state index in [0.29, 0.717) is 24.8 Å². The molecule has 0 saturated heterocycles. The average Bonchev–Trinajstić information content (AvgIpc) is 3.66. The molecular weight excluding hydrogens is 831 g/mol. The Morgan fingerprint density at radius 2 is 1.44 bits per heavy atom. The van der Waals surface area contributed by atoms with Crippen molar-refractivity contribution in [3.63, 3.8) is 0 Å². The molecule has 6 atom stereocenters. The van der Waals surface area contributed by atoms with Crippen molar-refractivity contribution >= 4 is 64.1 Å². The lowest BCUT2D eigenvalue weighted by Crippen LogP contribution is -2.65. The Bertz CT molecular complexity index is 1980. The number of fused-ring (bicyclic) bond motifs is 1. The SMILES string of the molecule is CNC(=O)[C@H](CC(C)C)NC(=O)C1(NC(=O)[C@@H](CO)NC(=O)CNC(=O)[C@@H](NC(=O)[C@H](C)NC(=O)[C@H](Cc2c[nH]c3ccccc23)NC(=O)[C@@H](N)CCC(N)=O)C(C)C)CCCCC1. The number of H-pyrrole nitrogens is 1. The van der Waals surface area contributed by atoms with Gasteiger partial charge in [0.2, 0.25) is 53.2 Å². The van der Waals surface area contributed by atoms with Crippen molar-refractivity contribution in [2.45, 2.75) is 134 Å². The Kier molecular flexibility index (Phi) is 20.1. The van der Waals surface area contributed by atoms with Crippen molar-refractivity contribution in [1.29, 1.82) is 0 Å². The van der Waals surface area contributed by atoms with Crippen LogP contribution in [0.3, 0.4) is 0 Å². The number of aliphatic hydroxyl groups is 1. The maximum absolute atomic E-state index is 13.7. The molecule has 3 rings (SSSR count). The predicted octanol–water partition coefficient (Wildman–Crippen LogP) is -1.88. The fraction of sp³-hybridized carbons (Fsp3) is 0.605. The van der Waals surface area contributed by atoms with Gasteiger partial charge in [0, 0.05) is 37.0 Å². The summed E-state index contributed by atoms with van der Waals surface area (Å²) < 4.78 is 0. The molecule has 9 amide bonds. The maximum Gasteiger partial charge on any atom is 0.246 e. The molecule has 0 bridgehead atoms. The molecule has 21 nitrogen and oxygen atoms in total. The average molecular weight is 898 g/mol. The molecule has 0 radical (unpaired) electrons. The highest BCUT2D eigenvalue weighted by atomic mass is 16.3. The molecule has 0 unspecified atom stereocenters. The summed E-state index contributed by atoms with van der Waals surface area (Å²) in [5, 5.41) is 31.5. The summed E-state index contributed by atoms with van der Waals surface area (Å²) in [6, 6.07) is 0.210. The van der Waals surface area contributed by atoms with Gasteiger partial charge in [-0.25, -0.2) is 0 Å². The standard InChI is InChI=1S/C43H67N11O10/c1-23(2)18-30(38(60)46-6)52-42(64)43(16-10-7-11-17-43)54-40(62)32(22-55)50-34(57)21-48-41(63)35(24(3)4)53-36(58)25(5)49-39(61)31(51-37(59)28(44)14-15-33(45)56)19-26-20-47-29-13-9-8-12-27(26)29/h8-9,12-13,20,23-25,28,30-32,35,47,55H,7,10-11,14-19,21-22,44H2,1-6H3,(H2,45,56)(H,46,60)(H,48,63)(H,49,61)(H,50,57)(H,51,59)(H,52,64)(H,53,58)(H,54,62)/t25-,28-,30-,31-,32+,35-/m0/s1. The number of nitrogens with one attached hydrogen (secondary N) is 9. The van der Waals surface area contributed by atoms with Gasteiger partial charge in [0.15, 0.2) is 0 Å². The first-order chi connectivity index (χ1) is 30.2. The van der Waals surface area contributed by atoms with Gasteiger partial charge in [-0.3, -0.25) is 43.2 Å². The van der Waals surface area contributed by atoms with E-state index >= 15 is 0 Å². The summed E-state index contributed by atoms with van der Waals surface area (Å²) in [6.07, 6.45) is 4.46. The monoisotopic (exact) mass is 898 g/mol. The van der Waals surface area contributed by atoms with Crippen molar-refractivity contribution in [2.24, 2.45) is 23.3 Å². The Hall–Kier alpha value is -6.09. The van der Waals surface area contributed by atoms with Crippen LogP contribution in [0.2, 0.25) is 0 Å². The lowest BCUT2D eigenvalue weighted by molar-refractivity contribution is -0.139. The second-order valence-electron chi connectivity index (χ2n) is 17.1. The van der Waals surface area contributed by atoms with Gasteiger partial charge in [0.25, 0.3) is 0 Å². The third-order valence-electron chi connectivity index (χ3n) is 11.1. The first-order valence-electron chi connectivity index (χ1n) is 21.7. The zero-order valence-corrected chi connectivity index (χ0v) is 37.6. The van der Waals surface area contributed by atoms with E-state index in [1.807, 2.05) is 38.1 Å². The molecule has 1 aliphatic rings. The molecule has 14 N–H and O–H groups in total. The van der Waals surface area contributed by atoms with Crippen LogP contribution in [0, 0.1) is 11.8 Å². The molecule has 1 aromatic carbocycles. The van der Waals surface area contributed by atoms with E-state index in [0.717, 1.165) is 17.3 Å². The number of benzene rings is 1. The minimum Gasteiger partial charge on any atom is -0.394 e. The third kappa shape index (κ3) is 15.3. The van der Waals surface area contributed by atoms with Gasteiger partial charge in [0.1, 0.15) is 35.7 Å². The summed E-state index contributed by atoms with van der Waals surface area (Å²) in [4.78, 5) is 121. The van der Waals surface area contributed by atoms with Crippen molar-refractivity contribution in [3.05, 3.63) is 36.0 Å². The van der Waals surface area contributed by atoms with Crippen LogP contribution < -0.4 is 54.0 Å². The van der Waals surface area contributed by atoms with Crippen LogP contribution in [-0.2, 0) is 49.6 Å². The number of likely N-dealkylation sites (N-methyl/N-ethyl adjacent to an activating group) is 1. The van der Waals surface area contributed by atoms with E-state index in [9.17, 15) is 48.3 Å². The quantitative estimate of drug-likeness (QED) is 0.0554. The summed E-state index contributed by atoms with van der Waals surface area (Å²) in [6.45, 7) is 7.00. The molecule has 1 aliphatic carbocycles. The maximum atomic E-state index is 13.7. The lowest BCUT2D eigenvalue weighted by atomic mass is 9.80. The molecule has 1 heterocycles. The summed E-state index contributed by atoms with van der Waals surface area (Å²) >= 11 is 0. The fourth-order valence-electron chi connectivity index (χ4n) is 7.41. The van der Waals surface area contributed by atoms with E-state index < -0.39 is 108 Å². The number of primary amides is 1. The number of nitrogens with two attached hydrogens (primary N) is 2. The molecule has 1 saturated carbocycles. The number of aromatic nitrogens is 1. The van der Waals surface area contributed by atoms with E-state index in [1.165, 1.54) is 14.0 Å². The minimum atomic E-state index is -1.50. The number of hydrogen-bond acceptors (Lipinski definition) is 11. The van der Waals surface area contributed by atoms with Gasteiger partial charge in [0.05, 0.1) is 19.2 Å². The van der Waals surface area contributed by atoms with Crippen LogP contribution in [-0.4, -0.2) is 125 Å². The van der Waals surface area contributed by atoms with E-state index in [4.69, 9.17) is 11.5 Å². The fourth-order valence-corrected chi connectivity index (χ4v) is 7.41. The first-order valence-corrected chi connectivity index (χ1v) is 21.7. The van der Waals surface area contributed by atoms with Crippen LogP contribution in [0.15, 0.2) is 30.5 Å². The first kappa shape index (κ1) is 52.3. The number of carbonyl (C=O) groups is 9. The largest absolute Gasteiger partial charge is 0.394 e. The Balaban J connectivity index is 1.63. The Labute approximate surface area is 372 Å². The molecule has 0 spiro atoms. The lowest BCUT2D eigenvalue weighted by Gasteiger charge is -2.38. The molecule has 1 aromatic heterocycles. The normalized spacial score (nSPS) is 16.2. The smallest absolute Gasteiger partial charge is 0.246 e. The van der Waals surface area contributed by atoms with Gasteiger partial charge in [-0.2, -0.15) is 0 Å². The van der Waals surface area contributed by atoms with Gasteiger partial charge in [-0.1, -0.05) is 65.2 Å². The molecule has 354 valence electrons. The zero-order valence-electron chi connectivity index (χ0n) is 37.6. The molecule has 21 heteroatoms. The topological polar surface area (TPSA) is 338 Å². The zero-order chi connectivity index (χ0) is 47.7. The van der Waals surface area contributed by atoms with E-state index in [1.54, 1.807) is 20.0 Å². The third-order valence-corrected chi connectivity index (χ3v) is 11.1. The van der Waals surface area contributed by atoms with Gasteiger partial charge >= 0.3 is 0 Å². The molecule has 1 fully saturated rings. The van der Waals surface area contributed by atoms with Crippen LogP contribution >= 0.6 is 0 Å². The summed E-state index contributed by atoms with van der Waals surface area (Å²) in [5.74, 6) is -6.66. The number of hydrogen-bond donors (Lipinski definition) is 12. The van der Waals surface area contributed by atoms with Crippen LogP contribution in [0.1, 0.15) is 91.5 Å². The number of aliphatic hydroxyl groups excluding tert-OH is 1. The van der Waals surface area contributed by atoms with E-state index in [-0.39, 0.29) is 43.9 Å². The van der Waals surface area contributed by atoms with Crippen molar-refractivity contribution in [1.82, 2.24) is 47.5 Å². The second-order valence-corrected chi connectivity index (χ2v) is 17.1. The summed E-state index contributed by atoms with van der Waals surface area (Å²) in [7, 11) is 1.46. The summed E-state index contributed by atoms with van der Waals surface area (Å²) in [5.41, 5.74) is 11.3. The van der Waals surface area contributed by atoms with Crippen LogP contribution in [0.25, 0.3) is 10.9 Å². The van der Waals surface area contributed by atoms with Crippen LogP contribution in [0.4, 0.5) is 0 Å². The Morgan fingerprint density at radius 1 is 0.766 bits per heavy atom. The van der Waals surface area contributed by atoms with Gasteiger partial charge in [-0.05, 0) is 56.1 Å². The number of para-hydroxylation sites is 1. The highest BCUT2D eigenvalue weighted by molar-refractivity contribution is 5.98. The van der Waals surface area contributed by atoms with Crippen LogP contribution in [0.5, 0.6) is 0 Å². The number of rotatable bonds is 24. The van der Waals surface area contributed by atoms with Crippen molar-refractivity contribution < 1.29 is 48.3 Å². The minimum absolute atomic E-state index is 0.00451. The van der Waals surface area contributed by atoms with Crippen molar-refractivity contribution in [2.75, 3.05) is 20.2 Å². The van der Waals surface area contributed by atoms with E-state index in [2.05, 4.69) is 47.5 Å². The number of carbonyl (C=O) groups excluding carboxylic acids is 9. The van der Waals surface area contributed by atoms with Crippen molar-refractivity contribution in [3.8, 4) is 0 Å². The molecular formula is C43H67N11O10. The molecule has 0 aliphatic heterocycles. The second kappa shape index (κ2) is 24.7. The molecule has 2 aromatic rings. The number of aromatic amines is 1. The predicted molar refractivity (Wildman–Crippen MR) is 236 cm³/mol.